The van der Waals surface area contributed by atoms with E-state index >= 15 is 0 Å². The van der Waals surface area contributed by atoms with Gasteiger partial charge in [-0.25, -0.2) is 0 Å². The Bertz CT molecular complexity index is 606. The first-order valence-electron chi connectivity index (χ1n) is 15.1. The third-order valence-electron chi connectivity index (χ3n) is 7.47. The summed E-state index contributed by atoms with van der Waals surface area (Å²) in [5, 5.41) is 0. The van der Waals surface area contributed by atoms with Gasteiger partial charge in [0.15, 0.2) is 0 Å². The van der Waals surface area contributed by atoms with Crippen LogP contribution in [0.1, 0.15) is 116 Å². The van der Waals surface area contributed by atoms with E-state index in [0.29, 0.717) is 0 Å². The average molecular weight is 485 g/mol. The molecule has 1 aromatic carbocycles. The summed E-state index contributed by atoms with van der Waals surface area (Å²) in [6.45, 7) is 12.9. The van der Waals surface area contributed by atoms with Crippen molar-refractivity contribution in [3.63, 3.8) is 0 Å². The van der Waals surface area contributed by atoms with Crippen molar-refractivity contribution in [2.24, 2.45) is 0 Å². The predicted molar refractivity (Wildman–Crippen MR) is 155 cm³/mol. The highest BCUT2D eigenvalue weighted by Crippen LogP contribution is 2.21. The first kappa shape index (κ1) is 29.7. The van der Waals surface area contributed by atoms with Crippen molar-refractivity contribution in [1.82, 2.24) is 4.90 Å². The van der Waals surface area contributed by atoms with Crippen LogP contribution in [0.4, 0.5) is 5.69 Å². The number of hydrogen-bond acceptors (Lipinski definition) is 3. The molecule has 1 heterocycles. The maximum atomic E-state index is 5.98. The normalized spacial score (nSPS) is 14.4. The van der Waals surface area contributed by atoms with Crippen LogP contribution in [0.15, 0.2) is 36.9 Å². The molecule has 3 nitrogen and oxygen atoms in total. The van der Waals surface area contributed by atoms with E-state index in [2.05, 4.69) is 47.6 Å². The molecule has 1 fully saturated rings. The Morgan fingerprint density at radius 1 is 0.686 bits per heavy atom. The molecule has 1 aliphatic rings. The molecule has 0 saturated carbocycles. The second kappa shape index (κ2) is 20.7. The van der Waals surface area contributed by atoms with Crippen LogP contribution < -0.4 is 9.64 Å². The van der Waals surface area contributed by atoms with E-state index in [4.69, 9.17) is 4.74 Å². The van der Waals surface area contributed by atoms with Gasteiger partial charge < -0.3 is 9.64 Å². The zero-order chi connectivity index (χ0) is 24.8. The fourth-order valence-electron chi connectivity index (χ4n) is 5.09. The number of ether oxygens (including phenoxy) is 1. The van der Waals surface area contributed by atoms with Gasteiger partial charge in [-0.05, 0) is 56.5 Å². The van der Waals surface area contributed by atoms with Gasteiger partial charge in [0.1, 0.15) is 5.75 Å². The Morgan fingerprint density at radius 2 is 1.23 bits per heavy atom. The van der Waals surface area contributed by atoms with Gasteiger partial charge in [0.2, 0.25) is 0 Å². The molecule has 0 amide bonds. The second-order valence-corrected chi connectivity index (χ2v) is 10.6. The Balaban J connectivity index is 1.46. The summed E-state index contributed by atoms with van der Waals surface area (Å²) in [6, 6.07) is 8.80. The molecule has 0 spiro atoms. The molecule has 200 valence electrons. The Kier molecular flexibility index (Phi) is 17.6. The third-order valence-corrected chi connectivity index (χ3v) is 7.47. The summed E-state index contributed by atoms with van der Waals surface area (Å²) in [5.41, 5.74) is 1.34. The number of unbranched alkanes of at least 4 members (excludes halogenated alkanes) is 15. The van der Waals surface area contributed by atoms with Gasteiger partial charge in [0, 0.05) is 31.9 Å². The molecular weight excluding hydrogens is 428 g/mol. The fraction of sp³-hybridized carbons (Fsp3) is 0.750. The first-order chi connectivity index (χ1) is 17.3. The summed E-state index contributed by atoms with van der Waals surface area (Å²) in [7, 11) is 0. The quantitative estimate of drug-likeness (QED) is 0.121. The third kappa shape index (κ3) is 14.6. The average Bonchev–Trinajstić information content (AvgIpc) is 2.89. The topological polar surface area (TPSA) is 15.7 Å². The molecule has 35 heavy (non-hydrogen) atoms. The summed E-state index contributed by atoms with van der Waals surface area (Å²) >= 11 is 0. The molecule has 0 atom stereocenters. The largest absolute Gasteiger partial charge is 0.494 e. The number of hydrogen-bond donors (Lipinski definition) is 0. The van der Waals surface area contributed by atoms with Crippen LogP contribution in [0, 0.1) is 0 Å². The predicted octanol–water partition coefficient (Wildman–Crippen LogP) is 9.03. The second-order valence-electron chi connectivity index (χ2n) is 10.6. The summed E-state index contributed by atoms with van der Waals surface area (Å²) in [5.74, 6) is 1.02. The molecule has 0 radical (unpaired) electrons. The molecule has 0 N–H and O–H groups in total. The maximum Gasteiger partial charge on any atom is 0.119 e. The standard InChI is InChI=1S/C32H56N2O/c1-3-5-7-9-11-13-15-17-19-25-33-26-28-34(29-27-33)31-21-23-32(24-22-31)35-30-20-18-16-14-12-10-8-6-4-2/h4,21-24H,2-3,5-20,25-30H2,1H3. The van der Waals surface area contributed by atoms with Gasteiger partial charge >= 0.3 is 0 Å². The Hall–Kier alpha value is -1.48. The van der Waals surface area contributed by atoms with Gasteiger partial charge in [-0.15, -0.1) is 6.58 Å². The van der Waals surface area contributed by atoms with E-state index in [1.54, 1.807) is 0 Å². The van der Waals surface area contributed by atoms with E-state index in [9.17, 15) is 0 Å². The lowest BCUT2D eigenvalue weighted by molar-refractivity contribution is 0.252. The summed E-state index contributed by atoms with van der Waals surface area (Å²) in [6.07, 6.45) is 25.1. The maximum absolute atomic E-state index is 5.98. The zero-order valence-electron chi connectivity index (χ0n) is 23.2. The minimum absolute atomic E-state index is 0.841. The van der Waals surface area contributed by atoms with Crippen LogP contribution in [0.2, 0.25) is 0 Å². The number of nitrogens with zero attached hydrogens (tertiary/aromatic N) is 2. The number of rotatable bonds is 22. The van der Waals surface area contributed by atoms with Gasteiger partial charge in [-0.2, -0.15) is 0 Å². The van der Waals surface area contributed by atoms with Gasteiger partial charge in [-0.3, -0.25) is 4.90 Å². The lowest BCUT2D eigenvalue weighted by atomic mass is 10.1. The van der Waals surface area contributed by atoms with Crippen LogP contribution in [0.5, 0.6) is 5.75 Å². The molecular formula is C32H56N2O. The van der Waals surface area contributed by atoms with E-state index in [-0.39, 0.29) is 0 Å². The molecule has 0 unspecified atom stereocenters. The van der Waals surface area contributed by atoms with Crippen molar-refractivity contribution >= 4 is 5.69 Å². The number of piperazine rings is 1. The van der Waals surface area contributed by atoms with E-state index < -0.39 is 0 Å². The minimum Gasteiger partial charge on any atom is -0.494 e. The smallest absolute Gasteiger partial charge is 0.119 e. The molecule has 0 aliphatic carbocycles. The highest BCUT2D eigenvalue weighted by Gasteiger charge is 2.16. The van der Waals surface area contributed by atoms with Crippen LogP contribution in [-0.2, 0) is 0 Å². The van der Waals surface area contributed by atoms with Crippen LogP contribution in [-0.4, -0.2) is 44.2 Å². The highest BCUT2D eigenvalue weighted by molar-refractivity contribution is 5.49. The SMILES string of the molecule is C=CCCCCCCCCCOc1ccc(N2CCN(CCCCCCCCCCC)CC2)cc1. The van der Waals surface area contributed by atoms with Crippen LogP contribution in [0.3, 0.4) is 0 Å². The number of allylic oxidation sites excluding steroid dienone is 1. The zero-order valence-corrected chi connectivity index (χ0v) is 23.2. The van der Waals surface area contributed by atoms with E-state index in [1.165, 1.54) is 128 Å². The molecule has 2 rings (SSSR count). The van der Waals surface area contributed by atoms with Crippen molar-refractivity contribution in [3.8, 4) is 5.75 Å². The summed E-state index contributed by atoms with van der Waals surface area (Å²) in [4.78, 5) is 5.20. The van der Waals surface area contributed by atoms with Crippen molar-refractivity contribution < 1.29 is 4.74 Å². The van der Waals surface area contributed by atoms with E-state index in [1.807, 2.05) is 6.08 Å². The van der Waals surface area contributed by atoms with Crippen LogP contribution >= 0.6 is 0 Å². The van der Waals surface area contributed by atoms with Gasteiger partial charge in [-0.1, -0.05) is 96.5 Å². The molecule has 0 aromatic heterocycles. The lowest BCUT2D eigenvalue weighted by Gasteiger charge is -2.36. The van der Waals surface area contributed by atoms with Gasteiger partial charge in [0.25, 0.3) is 0 Å². The lowest BCUT2D eigenvalue weighted by Crippen LogP contribution is -2.46. The van der Waals surface area contributed by atoms with Gasteiger partial charge in [0.05, 0.1) is 6.61 Å². The minimum atomic E-state index is 0.841. The first-order valence-corrected chi connectivity index (χ1v) is 15.1. The molecule has 1 aromatic rings. The fourth-order valence-corrected chi connectivity index (χ4v) is 5.09. The van der Waals surface area contributed by atoms with Crippen molar-refractivity contribution in [2.75, 3.05) is 44.2 Å². The monoisotopic (exact) mass is 484 g/mol. The van der Waals surface area contributed by atoms with E-state index in [0.717, 1.165) is 31.9 Å². The molecule has 1 saturated heterocycles. The highest BCUT2D eigenvalue weighted by atomic mass is 16.5. The molecule has 0 bridgehead atoms. The molecule has 1 aliphatic heterocycles. The Labute approximate surface area is 218 Å². The van der Waals surface area contributed by atoms with Crippen molar-refractivity contribution in [2.45, 2.75) is 116 Å². The van der Waals surface area contributed by atoms with Crippen molar-refractivity contribution in [3.05, 3.63) is 36.9 Å². The molecule has 3 heteroatoms. The number of anilines is 1. The Morgan fingerprint density at radius 3 is 1.83 bits per heavy atom. The van der Waals surface area contributed by atoms with Crippen molar-refractivity contribution in [1.29, 1.82) is 0 Å². The van der Waals surface area contributed by atoms with Crippen LogP contribution in [0.25, 0.3) is 0 Å². The number of benzene rings is 1. The summed E-state index contributed by atoms with van der Waals surface area (Å²) < 4.78 is 5.98.